The van der Waals surface area contributed by atoms with Crippen LogP contribution in [0.2, 0.25) is 0 Å². The molecule has 0 bridgehead atoms. The first kappa shape index (κ1) is 14.5. The third kappa shape index (κ3) is 3.74. The van der Waals surface area contributed by atoms with Crippen LogP contribution in [0.5, 0.6) is 5.75 Å². The second-order valence-corrected chi connectivity index (χ2v) is 4.71. The first-order chi connectivity index (χ1) is 8.43. The van der Waals surface area contributed by atoms with Gasteiger partial charge in [-0.1, -0.05) is 18.2 Å². The van der Waals surface area contributed by atoms with Crippen molar-refractivity contribution in [1.82, 2.24) is 4.90 Å². The minimum atomic E-state index is -0.112. The van der Waals surface area contributed by atoms with Crippen LogP contribution in [0.25, 0.3) is 0 Å². The number of amides is 1. The van der Waals surface area contributed by atoms with Crippen molar-refractivity contribution in [2.75, 3.05) is 13.7 Å². The van der Waals surface area contributed by atoms with Gasteiger partial charge in [0.2, 0.25) is 0 Å². The van der Waals surface area contributed by atoms with E-state index >= 15 is 0 Å². The van der Waals surface area contributed by atoms with Gasteiger partial charge in [0.05, 0.1) is 0 Å². The highest BCUT2D eigenvalue weighted by Gasteiger charge is 2.14. The molecule has 1 atom stereocenters. The smallest absolute Gasteiger partial charge is 0.260 e. The summed E-state index contributed by atoms with van der Waals surface area (Å²) in [6, 6.07) is 7.59. The Labute approximate surface area is 109 Å². The molecule has 4 nitrogen and oxygen atoms in total. The van der Waals surface area contributed by atoms with Crippen LogP contribution >= 0.6 is 0 Å². The molecule has 0 radical (unpaired) electrons. The molecule has 1 aromatic carbocycles. The Morgan fingerprint density at radius 1 is 1.33 bits per heavy atom. The lowest BCUT2D eigenvalue weighted by atomic mass is 10.1. The van der Waals surface area contributed by atoms with Gasteiger partial charge in [0.1, 0.15) is 5.75 Å². The molecule has 4 heteroatoms. The predicted molar refractivity (Wildman–Crippen MR) is 72.4 cm³/mol. The Morgan fingerprint density at radius 3 is 2.50 bits per heavy atom. The Bertz CT molecular complexity index is 403. The summed E-state index contributed by atoms with van der Waals surface area (Å²) in [6.45, 7) is 5.87. The maximum absolute atomic E-state index is 11.8. The third-order valence-electron chi connectivity index (χ3n) is 2.93. The van der Waals surface area contributed by atoms with Gasteiger partial charge in [-0.15, -0.1) is 0 Å². The molecule has 0 heterocycles. The summed E-state index contributed by atoms with van der Waals surface area (Å²) in [5.41, 5.74) is 6.77. The van der Waals surface area contributed by atoms with Crippen molar-refractivity contribution in [3.63, 3.8) is 0 Å². The fourth-order valence-corrected chi connectivity index (χ4v) is 1.52. The SMILES string of the molecule is CC(N)c1ccccc1OCC(=O)N(C)C(C)C. The second-order valence-electron chi connectivity index (χ2n) is 4.71. The molecule has 18 heavy (non-hydrogen) atoms. The normalized spacial score (nSPS) is 12.3. The summed E-state index contributed by atoms with van der Waals surface area (Å²) in [7, 11) is 1.77. The van der Waals surface area contributed by atoms with Gasteiger partial charge in [0, 0.05) is 24.7 Å². The van der Waals surface area contributed by atoms with Gasteiger partial charge in [0.25, 0.3) is 5.91 Å². The summed E-state index contributed by atoms with van der Waals surface area (Å²) in [5, 5.41) is 0. The predicted octanol–water partition coefficient (Wildman–Crippen LogP) is 1.95. The monoisotopic (exact) mass is 250 g/mol. The molecule has 1 unspecified atom stereocenters. The molecule has 0 aliphatic rings. The number of likely N-dealkylation sites (N-methyl/N-ethyl adjacent to an activating group) is 1. The molecule has 1 aromatic rings. The van der Waals surface area contributed by atoms with E-state index in [1.807, 2.05) is 45.0 Å². The Balaban J connectivity index is 2.67. The molecule has 1 rings (SSSR count). The van der Waals surface area contributed by atoms with Crippen molar-refractivity contribution >= 4 is 5.91 Å². The van der Waals surface area contributed by atoms with E-state index in [1.54, 1.807) is 11.9 Å². The standard InChI is InChI=1S/C14H22N2O2/c1-10(2)16(4)14(17)9-18-13-8-6-5-7-12(13)11(3)15/h5-8,10-11H,9,15H2,1-4H3. The number of carbonyl (C=O) groups is 1. The van der Waals surface area contributed by atoms with Crippen LogP contribution in [-0.4, -0.2) is 30.5 Å². The van der Waals surface area contributed by atoms with Crippen molar-refractivity contribution in [2.24, 2.45) is 5.73 Å². The lowest BCUT2D eigenvalue weighted by molar-refractivity contribution is -0.133. The third-order valence-corrected chi connectivity index (χ3v) is 2.93. The van der Waals surface area contributed by atoms with E-state index in [1.165, 1.54) is 0 Å². The first-order valence-electron chi connectivity index (χ1n) is 6.16. The van der Waals surface area contributed by atoms with Crippen LogP contribution in [0.4, 0.5) is 0 Å². The van der Waals surface area contributed by atoms with Crippen LogP contribution in [0.1, 0.15) is 32.4 Å². The molecule has 0 saturated heterocycles. The molecule has 0 aliphatic heterocycles. The minimum absolute atomic E-state index is 0.0375. The van der Waals surface area contributed by atoms with Gasteiger partial charge >= 0.3 is 0 Å². The zero-order chi connectivity index (χ0) is 13.7. The maximum atomic E-state index is 11.8. The molecule has 0 spiro atoms. The quantitative estimate of drug-likeness (QED) is 0.869. The molecule has 0 aromatic heterocycles. The number of hydrogen-bond acceptors (Lipinski definition) is 3. The number of benzene rings is 1. The van der Waals surface area contributed by atoms with Gasteiger partial charge in [-0.2, -0.15) is 0 Å². The molecule has 1 amide bonds. The van der Waals surface area contributed by atoms with Crippen LogP contribution in [0.15, 0.2) is 24.3 Å². The van der Waals surface area contributed by atoms with E-state index in [0.29, 0.717) is 5.75 Å². The number of carbonyl (C=O) groups excluding carboxylic acids is 1. The van der Waals surface area contributed by atoms with E-state index in [0.717, 1.165) is 5.56 Å². The Morgan fingerprint density at radius 2 is 1.94 bits per heavy atom. The average molecular weight is 250 g/mol. The van der Waals surface area contributed by atoms with Gasteiger partial charge in [-0.05, 0) is 26.8 Å². The van der Waals surface area contributed by atoms with Crippen molar-refractivity contribution in [3.8, 4) is 5.75 Å². The van der Waals surface area contributed by atoms with Gasteiger partial charge in [-0.25, -0.2) is 0 Å². The largest absolute Gasteiger partial charge is 0.483 e. The fraction of sp³-hybridized carbons (Fsp3) is 0.500. The summed E-state index contributed by atoms with van der Waals surface area (Å²) in [5.74, 6) is 0.641. The van der Waals surface area contributed by atoms with Crippen LogP contribution in [0.3, 0.4) is 0 Å². The molecular weight excluding hydrogens is 228 g/mol. The summed E-state index contributed by atoms with van der Waals surface area (Å²) in [4.78, 5) is 13.5. The summed E-state index contributed by atoms with van der Waals surface area (Å²) < 4.78 is 5.56. The highest BCUT2D eigenvalue weighted by atomic mass is 16.5. The van der Waals surface area contributed by atoms with E-state index in [4.69, 9.17) is 10.5 Å². The second kappa shape index (κ2) is 6.40. The number of rotatable bonds is 5. The number of nitrogens with zero attached hydrogens (tertiary/aromatic N) is 1. The highest BCUT2D eigenvalue weighted by molar-refractivity contribution is 5.77. The van der Waals surface area contributed by atoms with Gasteiger partial charge in [0.15, 0.2) is 6.61 Å². The highest BCUT2D eigenvalue weighted by Crippen LogP contribution is 2.23. The summed E-state index contributed by atoms with van der Waals surface area (Å²) in [6.07, 6.45) is 0. The van der Waals surface area contributed by atoms with E-state index in [2.05, 4.69) is 0 Å². The number of para-hydroxylation sites is 1. The molecule has 0 fully saturated rings. The van der Waals surface area contributed by atoms with Gasteiger partial charge in [-0.3, -0.25) is 4.79 Å². The fourth-order valence-electron chi connectivity index (χ4n) is 1.52. The number of hydrogen-bond donors (Lipinski definition) is 1. The molecule has 0 saturated carbocycles. The average Bonchev–Trinajstić information content (AvgIpc) is 2.35. The lowest BCUT2D eigenvalue weighted by Crippen LogP contribution is -2.36. The molecule has 2 N–H and O–H groups in total. The Hall–Kier alpha value is -1.55. The van der Waals surface area contributed by atoms with Crippen molar-refractivity contribution < 1.29 is 9.53 Å². The lowest BCUT2D eigenvalue weighted by Gasteiger charge is -2.22. The van der Waals surface area contributed by atoms with Crippen molar-refractivity contribution in [3.05, 3.63) is 29.8 Å². The maximum Gasteiger partial charge on any atom is 0.260 e. The number of nitrogens with two attached hydrogens (primary N) is 1. The van der Waals surface area contributed by atoms with E-state index in [9.17, 15) is 4.79 Å². The van der Waals surface area contributed by atoms with E-state index < -0.39 is 0 Å². The molecule has 0 aliphatic carbocycles. The van der Waals surface area contributed by atoms with Crippen LogP contribution < -0.4 is 10.5 Å². The van der Waals surface area contributed by atoms with Crippen LogP contribution in [0, 0.1) is 0 Å². The zero-order valence-electron chi connectivity index (χ0n) is 11.5. The topological polar surface area (TPSA) is 55.6 Å². The van der Waals surface area contributed by atoms with Gasteiger partial charge < -0.3 is 15.4 Å². The van der Waals surface area contributed by atoms with Crippen LogP contribution in [-0.2, 0) is 4.79 Å². The minimum Gasteiger partial charge on any atom is -0.483 e. The zero-order valence-corrected chi connectivity index (χ0v) is 11.5. The number of ether oxygens (including phenoxy) is 1. The van der Waals surface area contributed by atoms with Crippen molar-refractivity contribution in [1.29, 1.82) is 0 Å². The first-order valence-corrected chi connectivity index (χ1v) is 6.16. The summed E-state index contributed by atoms with van der Waals surface area (Å²) >= 11 is 0. The Kier molecular flexibility index (Phi) is 5.16. The van der Waals surface area contributed by atoms with E-state index in [-0.39, 0.29) is 24.6 Å². The molecule has 100 valence electrons. The molecular formula is C14H22N2O2. The van der Waals surface area contributed by atoms with Crippen molar-refractivity contribution in [2.45, 2.75) is 32.9 Å².